The number of likely N-dealkylation sites (N-methyl/N-ethyl adjacent to an activating group) is 1. The van der Waals surface area contributed by atoms with Crippen LogP contribution in [0.25, 0.3) is 0 Å². The highest BCUT2D eigenvalue weighted by molar-refractivity contribution is 6.30. The number of hydrogen-bond donors (Lipinski definition) is 1. The molecule has 2 rings (SSSR count). The van der Waals surface area contributed by atoms with E-state index in [4.69, 9.17) is 21.1 Å². The standard InChI is InChI=1S/C15H23ClN2O2/c1-18(14-5-7-20-11-14)15-4-3-13(16)9-12(15)10-17-6-8-19-2/h3-4,9,14,17H,5-8,10-11H2,1-2H3. The Hall–Kier alpha value is -0.810. The summed E-state index contributed by atoms with van der Waals surface area (Å²) in [6.45, 7) is 3.98. The molecule has 1 saturated heterocycles. The van der Waals surface area contributed by atoms with E-state index in [0.717, 1.165) is 37.7 Å². The summed E-state index contributed by atoms with van der Waals surface area (Å²) in [4.78, 5) is 2.30. The Bertz CT molecular complexity index is 422. The summed E-state index contributed by atoms with van der Waals surface area (Å²) >= 11 is 6.13. The summed E-state index contributed by atoms with van der Waals surface area (Å²) in [6, 6.07) is 6.52. The summed E-state index contributed by atoms with van der Waals surface area (Å²) in [5, 5.41) is 4.15. The zero-order chi connectivity index (χ0) is 14.4. The second-order valence-corrected chi connectivity index (χ2v) is 5.51. The largest absolute Gasteiger partial charge is 0.383 e. The molecule has 1 aliphatic heterocycles. The van der Waals surface area contributed by atoms with E-state index >= 15 is 0 Å². The van der Waals surface area contributed by atoms with Gasteiger partial charge in [-0.2, -0.15) is 0 Å². The van der Waals surface area contributed by atoms with Gasteiger partial charge >= 0.3 is 0 Å². The number of nitrogens with one attached hydrogen (secondary N) is 1. The van der Waals surface area contributed by atoms with E-state index in [0.29, 0.717) is 12.6 Å². The molecule has 0 aromatic heterocycles. The summed E-state index contributed by atoms with van der Waals surface area (Å²) in [5.74, 6) is 0. The van der Waals surface area contributed by atoms with Crippen LogP contribution in [-0.2, 0) is 16.0 Å². The Morgan fingerprint density at radius 2 is 2.35 bits per heavy atom. The third-order valence-corrected chi connectivity index (χ3v) is 3.91. The van der Waals surface area contributed by atoms with Crippen molar-refractivity contribution >= 4 is 17.3 Å². The number of hydrogen-bond acceptors (Lipinski definition) is 4. The summed E-state index contributed by atoms with van der Waals surface area (Å²) < 4.78 is 10.5. The van der Waals surface area contributed by atoms with Crippen molar-refractivity contribution in [1.29, 1.82) is 0 Å². The monoisotopic (exact) mass is 298 g/mol. The fraction of sp³-hybridized carbons (Fsp3) is 0.600. The van der Waals surface area contributed by atoms with Gasteiger partial charge in [-0.05, 0) is 30.2 Å². The van der Waals surface area contributed by atoms with Crippen LogP contribution >= 0.6 is 11.6 Å². The number of anilines is 1. The fourth-order valence-corrected chi connectivity index (χ4v) is 2.66. The second-order valence-electron chi connectivity index (χ2n) is 5.07. The Morgan fingerprint density at radius 3 is 3.05 bits per heavy atom. The van der Waals surface area contributed by atoms with Crippen molar-refractivity contribution in [3.05, 3.63) is 28.8 Å². The molecule has 4 nitrogen and oxygen atoms in total. The first-order chi connectivity index (χ1) is 9.72. The Morgan fingerprint density at radius 1 is 1.50 bits per heavy atom. The minimum atomic E-state index is 0.453. The lowest BCUT2D eigenvalue weighted by Gasteiger charge is -2.28. The molecule has 20 heavy (non-hydrogen) atoms. The first kappa shape index (κ1) is 15.6. The van der Waals surface area contributed by atoms with Crippen LogP contribution in [0.15, 0.2) is 18.2 Å². The quantitative estimate of drug-likeness (QED) is 0.783. The average Bonchev–Trinajstić information content (AvgIpc) is 2.97. The smallest absolute Gasteiger partial charge is 0.0670 e. The zero-order valence-corrected chi connectivity index (χ0v) is 12.9. The van der Waals surface area contributed by atoms with Crippen LogP contribution in [0, 0.1) is 0 Å². The molecule has 1 atom stereocenters. The number of ether oxygens (including phenoxy) is 2. The molecular weight excluding hydrogens is 276 g/mol. The molecule has 1 aromatic rings. The molecule has 0 amide bonds. The average molecular weight is 299 g/mol. The lowest BCUT2D eigenvalue weighted by molar-refractivity contribution is 0.193. The van der Waals surface area contributed by atoms with Crippen LogP contribution in [0.4, 0.5) is 5.69 Å². The molecule has 1 aliphatic rings. The molecule has 112 valence electrons. The molecule has 0 saturated carbocycles. The minimum absolute atomic E-state index is 0.453. The number of halogens is 1. The number of methoxy groups -OCH3 is 1. The van der Waals surface area contributed by atoms with Gasteiger partial charge < -0.3 is 19.7 Å². The SMILES string of the molecule is COCCNCc1cc(Cl)ccc1N(C)C1CCOC1. The van der Waals surface area contributed by atoms with E-state index in [-0.39, 0.29) is 0 Å². The maximum atomic E-state index is 6.13. The van der Waals surface area contributed by atoms with E-state index in [2.05, 4.69) is 23.3 Å². The van der Waals surface area contributed by atoms with Crippen LogP contribution < -0.4 is 10.2 Å². The molecule has 5 heteroatoms. The van der Waals surface area contributed by atoms with E-state index in [1.165, 1.54) is 11.3 Å². The molecule has 1 N–H and O–H groups in total. The fourth-order valence-electron chi connectivity index (χ4n) is 2.46. The van der Waals surface area contributed by atoms with E-state index in [9.17, 15) is 0 Å². The normalized spacial score (nSPS) is 18.4. The van der Waals surface area contributed by atoms with Crippen molar-refractivity contribution in [2.24, 2.45) is 0 Å². The highest BCUT2D eigenvalue weighted by Gasteiger charge is 2.22. The van der Waals surface area contributed by atoms with E-state index in [1.54, 1.807) is 7.11 Å². The maximum absolute atomic E-state index is 6.13. The molecule has 1 heterocycles. The highest BCUT2D eigenvalue weighted by atomic mass is 35.5. The van der Waals surface area contributed by atoms with E-state index < -0.39 is 0 Å². The zero-order valence-electron chi connectivity index (χ0n) is 12.2. The first-order valence-corrected chi connectivity index (χ1v) is 7.39. The van der Waals surface area contributed by atoms with Gasteiger partial charge in [0.25, 0.3) is 0 Å². The van der Waals surface area contributed by atoms with Crippen molar-refractivity contribution in [3.8, 4) is 0 Å². The van der Waals surface area contributed by atoms with Crippen molar-refractivity contribution in [2.45, 2.75) is 19.0 Å². The number of nitrogens with zero attached hydrogens (tertiary/aromatic N) is 1. The van der Waals surface area contributed by atoms with Crippen LogP contribution in [0.1, 0.15) is 12.0 Å². The molecule has 0 bridgehead atoms. The predicted octanol–water partition coefficient (Wildman–Crippen LogP) is 2.30. The first-order valence-electron chi connectivity index (χ1n) is 7.01. The maximum Gasteiger partial charge on any atom is 0.0670 e. The molecule has 0 spiro atoms. The van der Waals surface area contributed by atoms with Gasteiger partial charge in [-0.3, -0.25) is 0 Å². The van der Waals surface area contributed by atoms with Gasteiger partial charge in [0.15, 0.2) is 0 Å². The van der Waals surface area contributed by atoms with Crippen LogP contribution in [0.3, 0.4) is 0 Å². The van der Waals surface area contributed by atoms with Crippen LogP contribution in [0.2, 0.25) is 5.02 Å². The van der Waals surface area contributed by atoms with Gasteiger partial charge in [0, 0.05) is 44.6 Å². The van der Waals surface area contributed by atoms with Crippen molar-refractivity contribution < 1.29 is 9.47 Å². The molecule has 0 aliphatic carbocycles. The highest BCUT2D eigenvalue weighted by Crippen LogP contribution is 2.27. The molecule has 1 aromatic carbocycles. The van der Waals surface area contributed by atoms with Gasteiger partial charge in [0.1, 0.15) is 0 Å². The molecule has 0 radical (unpaired) electrons. The topological polar surface area (TPSA) is 33.7 Å². The molecular formula is C15H23ClN2O2. The Kier molecular flexibility index (Phi) is 6.10. The van der Waals surface area contributed by atoms with Crippen molar-refractivity contribution in [2.75, 3.05) is 45.4 Å². The lowest BCUT2D eigenvalue weighted by atomic mass is 10.1. The van der Waals surface area contributed by atoms with Gasteiger partial charge in [-0.25, -0.2) is 0 Å². The van der Waals surface area contributed by atoms with Gasteiger partial charge in [-0.15, -0.1) is 0 Å². The van der Waals surface area contributed by atoms with Gasteiger partial charge in [0.05, 0.1) is 19.3 Å². The number of rotatable bonds is 7. The molecule has 1 fully saturated rings. The van der Waals surface area contributed by atoms with Crippen molar-refractivity contribution in [1.82, 2.24) is 5.32 Å². The Balaban J connectivity index is 2.06. The summed E-state index contributed by atoms with van der Waals surface area (Å²) in [7, 11) is 3.83. The minimum Gasteiger partial charge on any atom is -0.383 e. The summed E-state index contributed by atoms with van der Waals surface area (Å²) in [6.07, 6.45) is 1.08. The predicted molar refractivity (Wildman–Crippen MR) is 82.7 cm³/mol. The van der Waals surface area contributed by atoms with E-state index in [1.807, 2.05) is 12.1 Å². The lowest BCUT2D eigenvalue weighted by Crippen LogP contribution is -2.33. The van der Waals surface area contributed by atoms with Crippen LogP contribution in [-0.4, -0.2) is 46.6 Å². The number of benzene rings is 1. The van der Waals surface area contributed by atoms with Crippen LogP contribution in [0.5, 0.6) is 0 Å². The third kappa shape index (κ3) is 4.09. The van der Waals surface area contributed by atoms with Gasteiger partial charge in [0.2, 0.25) is 0 Å². The third-order valence-electron chi connectivity index (χ3n) is 3.67. The summed E-state index contributed by atoms with van der Waals surface area (Å²) in [5.41, 5.74) is 2.43. The van der Waals surface area contributed by atoms with Crippen molar-refractivity contribution in [3.63, 3.8) is 0 Å². The second kappa shape index (κ2) is 7.84. The molecule has 1 unspecified atom stereocenters. The Labute approximate surface area is 126 Å². The van der Waals surface area contributed by atoms with Gasteiger partial charge in [-0.1, -0.05) is 11.6 Å².